The molecule has 0 N–H and O–H groups in total. The van der Waals surface area contributed by atoms with Gasteiger partial charge >= 0.3 is 12.1 Å². The molecule has 1 fully saturated rings. The van der Waals surface area contributed by atoms with Gasteiger partial charge in [0.2, 0.25) is 0 Å². The quantitative estimate of drug-likeness (QED) is 0.447. The summed E-state index contributed by atoms with van der Waals surface area (Å²) in [5.74, 6) is 1.06. The molecule has 1 amide bonds. The first kappa shape index (κ1) is 20.8. The Morgan fingerprint density at radius 3 is 2.44 bits per heavy atom. The lowest BCUT2D eigenvalue weighted by molar-refractivity contribution is -0.135. The van der Waals surface area contributed by atoms with Gasteiger partial charge in [0, 0.05) is 13.1 Å². The summed E-state index contributed by atoms with van der Waals surface area (Å²) in [4.78, 5) is 25.2. The van der Waals surface area contributed by atoms with E-state index in [0.29, 0.717) is 30.5 Å². The number of allylic oxidation sites excluding steroid dienone is 1. The molecule has 0 spiro atoms. The summed E-state index contributed by atoms with van der Waals surface area (Å²) < 4.78 is 15.8. The number of rotatable bonds is 4. The number of nitrogens with zero attached hydrogens (tertiary/aromatic N) is 1. The molecule has 27 heavy (non-hydrogen) atoms. The van der Waals surface area contributed by atoms with Crippen LogP contribution in [0.25, 0.3) is 0 Å². The van der Waals surface area contributed by atoms with Crippen molar-refractivity contribution in [3.63, 3.8) is 0 Å². The monoisotopic (exact) mass is 375 g/mol. The summed E-state index contributed by atoms with van der Waals surface area (Å²) in [5, 5.41) is 0. The lowest BCUT2D eigenvalue weighted by atomic mass is 9.89. The summed E-state index contributed by atoms with van der Waals surface area (Å²) in [6.45, 7) is 8.68. The molecule has 6 heteroatoms. The number of benzene rings is 1. The Kier molecular flexibility index (Phi) is 6.88. The molecule has 0 saturated carbocycles. The molecule has 0 atom stereocenters. The summed E-state index contributed by atoms with van der Waals surface area (Å²) in [5.41, 5.74) is 0.692. The fourth-order valence-corrected chi connectivity index (χ4v) is 2.99. The first-order chi connectivity index (χ1) is 12.7. The van der Waals surface area contributed by atoms with Crippen LogP contribution in [0.5, 0.6) is 5.75 Å². The molecule has 148 valence electrons. The molecule has 0 aromatic heterocycles. The first-order valence-electron chi connectivity index (χ1n) is 9.20. The predicted octanol–water partition coefficient (Wildman–Crippen LogP) is 4.26. The molecule has 0 bridgehead atoms. The van der Waals surface area contributed by atoms with Gasteiger partial charge in [0.25, 0.3) is 0 Å². The van der Waals surface area contributed by atoms with E-state index in [2.05, 4.69) is 10.8 Å². The van der Waals surface area contributed by atoms with Crippen molar-refractivity contribution in [2.45, 2.75) is 52.1 Å². The van der Waals surface area contributed by atoms with Gasteiger partial charge in [-0.3, -0.25) is 0 Å². The zero-order valence-electron chi connectivity index (χ0n) is 16.8. The van der Waals surface area contributed by atoms with E-state index in [1.807, 2.05) is 39.0 Å². The molecule has 0 radical (unpaired) electrons. The smallest absolute Gasteiger partial charge is 0.410 e. The van der Waals surface area contributed by atoms with Crippen LogP contribution in [0.15, 0.2) is 36.1 Å². The zero-order valence-corrected chi connectivity index (χ0v) is 16.8. The Hall–Kier alpha value is -2.50. The minimum Gasteiger partial charge on any atom is -0.466 e. The SMILES string of the molecule is COC(=O)/C=C(\C)Oc1cccc(C2CCN(C(=O)OC(C)(C)C)CC2)c1. The van der Waals surface area contributed by atoms with Crippen LogP contribution in [0.2, 0.25) is 0 Å². The van der Waals surface area contributed by atoms with Crippen molar-refractivity contribution in [3.05, 3.63) is 41.7 Å². The normalized spacial score (nSPS) is 16.0. The molecule has 1 aliphatic rings. The van der Waals surface area contributed by atoms with Crippen molar-refractivity contribution in [2.75, 3.05) is 20.2 Å². The van der Waals surface area contributed by atoms with Gasteiger partial charge in [0.1, 0.15) is 17.1 Å². The van der Waals surface area contributed by atoms with Crippen LogP contribution in [0.3, 0.4) is 0 Å². The second-order valence-electron chi connectivity index (χ2n) is 7.69. The van der Waals surface area contributed by atoms with Crippen LogP contribution in [-0.2, 0) is 14.3 Å². The third kappa shape index (κ3) is 6.62. The lowest BCUT2D eigenvalue weighted by Gasteiger charge is -2.33. The minimum absolute atomic E-state index is 0.249. The summed E-state index contributed by atoms with van der Waals surface area (Å²) in [6.07, 6.45) is 2.81. The highest BCUT2D eigenvalue weighted by Gasteiger charge is 2.27. The van der Waals surface area contributed by atoms with Gasteiger partial charge in [0.05, 0.1) is 13.2 Å². The largest absolute Gasteiger partial charge is 0.466 e. The summed E-state index contributed by atoms with van der Waals surface area (Å²) in [7, 11) is 1.33. The number of ether oxygens (including phenoxy) is 3. The second-order valence-corrected chi connectivity index (χ2v) is 7.69. The van der Waals surface area contributed by atoms with Crippen LogP contribution < -0.4 is 4.74 Å². The van der Waals surface area contributed by atoms with E-state index < -0.39 is 11.6 Å². The van der Waals surface area contributed by atoms with Crippen molar-refractivity contribution >= 4 is 12.1 Å². The Labute approximate surface area is 161 Å². The molecule has 0 unspecified atom stereocenters. The number of amides is 1. The number of carbonyl (C=O) groups excluding carboxylic acids is 2. The fourth-order valence-electron chi connectivity index (χ4n) is 2.99. The first-order valence-corrected chi connectivity index (χ1v) is 9.20. The summed E-state index contributed by atoms with van der Waals surface area (Å²) >= 11 is 0. The predicted molar refractivity (Wildman–Crippen MR) is 103 cm³/mol. The fraction of sp³-hybridized carbons (Fsp3) is 0.524. The number of hydrogen-bond acceptors (Lipinski definition) is 5. The van der Waals surface area contributed by atoms with E-state index in [0.717, 1.165) is 12.8 Å². The topological polar surface area (TPSA) is 65.1 Å². The van der Waals surface area contributed by atoms with Crippen molar-refractivity contribution in [1.82, 2.24) is 4.90 Å². The molecule has 0 aliphatic carbocycles. The standard InChI is InChI=1S/C21H29NO5/c1-15(13-19(23)25-5)26-18-8-6-7-17(14-18)16-9-11-22(12-10-16)20(24)27-21(2,3)4/h6-8,13-14,16H,9-12H2,1-5H3/b15-13+. The van der Waals surface area contributed by atoms with Crippen LogP contribution >= 0.6 is 0 Å². The molecular weight excluding hydrogens is 346 g/mol. The van der Waals surface area contributed by atoms with Gasteiger partial charge < -0.3 is 19.1 Å². The maximum absolute atomic E-state index is 12.2. The highest BCUT2D eigenvalue weighted by molar-refractivity contribution is 5.82. The van der Waals surface area contributed by atoms with Crippen molar-refractivity contribution in [1.29, 1.82) is 0 Å². The Morgan fingerprint density at radius 2 is 1.85 bits per heavy atom. The molecule has 1 aliphatic heterocycles. The van der Waals surface area contributed by atoms with Crippen LogP contribution in [-0.4, -0.2) is 42.8 Å². The van der Waals surface area contributed by atoms with Gasteiger partial charge in [-0.2, -0.15) is 0 Å². The van der Waals surface area contributed by atoms with Crippen molar-refractivity contribution in [3.8, 4) is 5.75 Å². The van der Waals surface area contributed by atoms with E-state index in [1.165, 1.54) is 18.7 Å². The second kappa shape index (κ2) is 8.93. The highest BCUT2D eigenvalue weighted by atomic mass is 16.6. The lowest BCUT2D eigenvalue weighted by Crippen LogP contribution is -2.41. The summed E-state index contributed by atoms with van der Waals surface area (Å²) in [6, 6.07) is 7.85. The van der Waals surface area contributed by atoms with Gasteiger partial charge in [-0.05, 0) is 64.2 Å². The van der Waals surface area contributed by atoms with E-state index in [-0.39, 0.29) is 6.09 Å². The number of methoxy groups -OCH3 is 1. The zero-order chi connectivity index (χ0) is 20.0. The van der Waals surface area contributed by atoms with Crippen molar-refractivity contribution in [2.24, 2.45) is 0 Å². The highest BCUT2D eigenvalue weighted by Crippen LogP contribution is 2.31. The Bertz CT molecular complexity index is 697. The Balaban J connectivity index is 1.96. The van der Waals surface area contributed by atoms with E-state index in [1.54, 1.807) is 11.8 Å². The maximum Gasteiger partial charge on any atom is 0.410 e. The molecule has 1 aromatic carbocycles. The molecule has 1 heterocycles. The maximum atomic E-state index is 12.2. The number of likely N-dealkylation sites (tertiary alicyclic amines) is 1. The Morgan fingerprint density at radius 1 is 1.19 bits per heavy atom. The van der Waals surface area contributed by atoms with E-state index >= 15 is 0 Å². The van der Waals surface area contributed by atoms with Crippen LogP contribution in [0.4, 0.5) is 4.79 Å². The van der Waals surface area contributed by atoms with E-state index in [9.17, 15) is 9.59 Å². The number of piperidine rings is 1. The van der Waals surface area contributed by atoms with Crippen LogP contribution in [0, 0.1) is 0 Å². The minimum atomic E-state index is -0.477. The van der Waals surface area contributed by atoms with Gasteiger partial charge in [-0.15, -0.1) is 0 Å². The number of esters is 1. The molecule has 2 rings (SSSR count). The van der Waals surface area contributed by atoms with Gasteiger partial charge in [0.15, 0.2) is 0 Å². The van der Waals surface area contributed by atoms with Gasteiger partial charge in [-0.1, -0.05) is 12.1 Å². The molecule has 6 nitrogen and oxygen atoms in total. The molecule has 1 aromatic rings. The van der Waals surface area contributed by atoms with Gasteiger partial charge in [-0.25, -0.2) is 9.59 Å². The average Bonchev–Trinajstić information content (AvgIpc) is 2.60. The number of hydrogen-bond donors (Lipinski definition) is 0. The molecular formula is C21H29NO5. The van der Waals surface area contributed by atoms with Crippen LogP contribution in [0.1, 0.15) is 52.0 Å². The van der Waals surface area contributed by atoms with Crippen molar-refractivity contribution < 1.29 is 23.8 Å². The average molecular weight is 375 g/mol. The third-order valence-corrected chi connectivity index (χ3v) is 4.28. The molecule has 1 saturated heterocycles. The van der Waals surface area contributed by atoms with E-state index in [4.69, 9.17) is 9.47 Å². The number of carbonyl (C=O) groups is 2. The third-order valence-electron chi connectivity index (χ3n) is 4.28.